The molecule has 0 bridgehead atoms. The summed E-state index contributed by atoms with van der Waals surface area (Å²) in [5, 5.41) is 5.35. The van der Waals surface area contributed by atoms with Crippen molar-refractivity contribution >= 4 is 10.0 Å². The molecule has 0 aliphatic rings. The summed E-state index contributed by atoms with van der Waals surface area (Å²) < 4.78 is 23.5. The molecule has 0 saturated carbocycles. The van der Waals surface area contributed by atoms with E-state index in [1.54, 1.807) is 0 Å². The topological polar surface area (TPSA) is 60.2 Å². The Morgan fingerprint density at radius 3 is 1.91 bits per heavy atom. The molecular formula is C19H33NO2S. The maximum absolute atomic E-state index is 11.7. The molecule has 0 saturated heterocycles. The fourth-order valence-corrected chi connectivity index (χ4v) is 4.17. The summed E-state index contributed by atoms with van der Waals surface area (Å²) in [7, 11) is -3.63. The van der Waals surface area contributed by atoms with E-state index in [9.17, 15) is 8.42 Å². The maximum atomic E-state index is 11.7. The second-order valence-electron chi connectivity index (χ2n) is 6.54. The molecular weight excluding hydrogens is 306 g/mol. The maximum Gasteiger partial charge on any atom is 0.238 e. The number of rotatable bonds is 12. The molecule has 0 radical (unpaired) electrons. The van der Waals surface area contributed by atoms with Gasteiger partial charge in [-0.25, -0.2) is 13.6 Å². The molecule has 1 aromatic carbocycles. The van der Waals surface area contributed by atoms with Crippen molar-refractivity contribution in [1.29, 1.82) is 0 Å². The molecule has 3 nitrogen and oxygen atoms in total. The monoisotopic (exact) mass is 339 g/mol. The van der Waals surface area contributed by atoms with Gasteiger partial charge < -0.3 is 0 Å². The van der Waals surface area contributed by atoms with Crippen molar-refractivity contribution in [3.8, 4) is 0 Å². The average molecular weight is 340 g/mol. The van der Waals surface area contributed by atoms with Gasteiger partial charge in [0.1, 0.15) is 0 Å². The summed E-state index contributed by atoms with van der Waals surface area (Å²) >= 11 is 0. The molecule has 0 aromatic heterocycles. The van der Waals surface area contributed by atoms with Gasteiger partial charge in [-0.1, -0.05) is 82.9 Å². The predicted molar refractivity (Wildman–Crippen MR) is 98.1 cm³/mol. The summed E-state index contributed by atoms with van der Waals surface area (Å²) in [5.74, 6) is 0. The number of primary sulfonamides is 1. The van der Waals surface area contributed by atoms with Crippen LogP contribution in [0.1, 0.15) is 82.3 Å². The number of sulfonamides is 1. The average Bonchev–Trinajstić information content (AvgIpc) is 2.48. The lowest BCUT2D eigenvalue weighted by Gasteiger charge is -2.10. The van der Waals surface area contributed by atoms with Crippen LogP contribution in [0.3, 0.4) is 0 Å². The normalized spacial score (nSPS) is 11.8. The molecule has 0 fully saturated rings. The van der Waals surface area contributed by atoms with Crippen LogP contribution < -0.4 is 5.14 Å². The SMILES string of the molecule is CCCCCCCCCCCCc1cccc(C)c1S(N)(=O)=O. The third-order valence-electron chi connectivity index (χ3n) is 4.38. The molecule has 0 unspecified atom stereocenters. The van der Waals surface area contributed by atoms with Crippen molar-refractivity contribution in [1.82, 2.24) is 0 Å². The summed E-state index contributed by atoms with van der Waals surface area (Å²) in [5.41, 5.74) is 1.61. The van der Waals surface area contributed by atoms with E-state index in [0.717, 1.165) is 30.4 Å². The highest BCUT2D eigenvalue weighted by Gasteiger charge is 2.15. The van der Waals surface area contributed by atoms with Crippen molar-refractivity contribution in [2.45, 2.75) is 89.4 Å². The second-order valence-corrected chi connectivity index (χ2v) is 8.04. The number of aryl methyl sites for hydroxylation is 2. The number of unbranched alkanes of at least 4 members (excludes halogenated alkanes) is 9. The van der Waals surface area contributed by atoms with Crippen LogP contribution in [0.25, 0.3) is 0 Å². The third kappa shape index (κ3) is 7.98. The zero-order chi connectivity index (χ0) is 17.1. The van der Waals surface area contributed by atoms with Gasteiger partial charge in [-0.05, 0) is 30.9 Å². The Morgan fingerprint density at radius 1 is 0.870 bits per heavy atom. The van der Waals surface area contributed by atoms with E-state index in [0.29, 0.717) is 4.90 Å². The summed E-state index contributed by atoms with van der Waals surface area (Å²) in [6, 6.07) is 5.61. The highest BCUT2D eigenvalue weighted by molar-refractivity contribution is 7.89. The predicted octanol–water partition coefficient (Wildman–Crippen LogP) is 5.11. The van der Waals surface area contributed by atoms with Gasteiger partial charge in [0.05, 0.1) is 4.90 Å². The van der Waals surface area contributed by atoms with Crippen LogP contribution in [-0.2, 0) is 16.4 Å². The minimum atomic E-state index is -3.63. The summed E-state index contributed by atoms with van der Waals surface area (Å²) in [4.78, 5) is 0.330. The lowest BCUT2D eigenvalue weighted by Crippen LogP contribution is -2.16. The molecule has 1 rings (SSSR count). The molecule has 0 spiro atoms. The van der Waals surface area contributed by atoms with Crippen LogP contribution in [0.2, 0.25) is 0 Å². The fraction of sp³-hybridized carbons (Fsp3) is 0.684. The number of hydrogen-bond acceptors (Lipinski definition) is 2. The third-order valence-corrected chi connectivity index (χ3v) is 5.53. The molecule has 4 heteroatoms. The van der Waals surface area contributed by atoms with Crippen LogP contribution in [-0.4, -0.2) is 8.42 Å². The molecule has 1 aromatic rings. The van der Waals surface area contributed by atoms with Crippen LogP contribution >= 0.6 is 0 Å². The number of nitrogens with two attached hydrogens (primary N) is 1. The first-order chi connectivity index (χ1) is 11.0. The molecule has 0 aliphatic heterocycles. The molecule has 0 amide bonds. The Balaban J connectivity index is 2.26. The first-order valence-electron chi connectivity index (χ1n) is 9.08. The Labute approximate surface area is 142 Å². The number of hydrogen-bond donors (Lipinski definition) is 1. The van der Waals surface area contributed by atoms with E-state index in [2.05, 4.69) is 6.92 Å². The van der Waals surface area contributed by atoms with E-state index < -0.39 is 10.0 Å². The first kappa shape index (κ1) is 20.2. The highest BCUT2D eigenvalue weighted by Crippen LogP contribution is 2.21. The van der Waals surface area contributed by atoms with Crippen LogP contribution in [0.5, 0.6) is 0 Å². The van der Waals surface area contributed by atoms with Crippen molar-refractivity contribution < 1.29 is 8.42 Å². The lowest BCUT2D eigenvalue weighted by molar-refractivity contribution is 0.555. The molecule has 0 atom stereocenters. The molecule has 23 heavy (non-hydrogen) atoms. The first-order valence-corrected chi connectivity index (χ1v) is 10.6. The van der Waals surface area contributed by atoms with Gasteiger partial charge in [-0.15, -0.1) is 0 Å². The molecule has 132 valence electrons. The van der Waals surface area contributed by atoms with Gasteiger partial charge in [-0.3, -0.25) is 0 Å². The van der Waals surface area contributed by atoms with Crippen molar-refractivity contribution in [2.75, 3.05) is 0 Å². The van der Waals surface area contributed by atoms with Crippen LogP contribution in [0.4, 0.5) is 0 Å². The molecule has 2 N–H and O–H groups in total. The van der Waals surface area contributed by atoms with Gasteiger partial charge in [0.2, 0.25) is 10.0 Å². The van der Waals surface area contributed by atoms with Gasteiger partial charge >= 0.3 is 0 Å². The van der Waals surface area contributed by atoms with Gasteiger partial charge in [0.25, 0.3) is 0 Å². The van der Waals surface area contributed by atoms with E-state index in [1.165, 1.54) is 51.4 Å². The Kier molecular flexibility index (Phi) is 9.49. The Morgan fingerprint density at radius 2 is 1.39 bits per heavy atom. The standard InChI is InChI=1S/C19H33NO2S/c1-3-4-5-6-7-8-9-10-11-12-15-18-16-13-14-17(2)19(18)23(20,21)22/h13-14,16H,3-12,15H2,1-2H3,(H2,20,21,22). The fourth-order valence-electron chi connectivity index (χ4n) is 3.12. The van der Waals surface area contributed by atoms with E-state index in [-0.39, 0.29) is 0 Å². The van der Waals surface area contributed by atoms with Crippen molar-refractivity contribution in [2.24, 2.45) is 5.14 Å². The molecule has 0 heterocycles. The Hall–Kier alpha value is -0.870. The molecule has 0 aliphatic carbocycles. The van der Waals surface area contributed by atoms with Gasteiger partial charge in [-0.2, -0.15) is 0 Å². The van der Waals surface area contributed by atoms with E-state index in [1.807, 2.05) is 25.1 Å². The lowest BCUT2D eigenvalue weighted by atomic mass is 10.0. The zero-order valence-electron chi connectivity index (χ0n) is 14.8. The Bertz CT molecular complexity index is 552. The smallest absolute Gasteiger partial charge is 0.225 e. The minimum absolute atomic E-state index is 0.330. The van der Waals surface area contributed by atoms with E-state index >= 15 is 0 Å². The summed E-state index contributed by atoms with van der Waals surface area (Å²) in [6.45, 7) is 4.05. The second kappa shape index (κ2) is 10.8. The van der Waals surface area contributed by atoms with E-state index in [4.69, 9.17) is 5.14 Å². The minimum Gasteiger partial charge on any atom is -0.225 e. The van der Waals surface area contributed by atoms with Crippen molar-refractivity contribution in [3.63, 3.8) is 0 Å². The number of benzene rings is 1. The largest absolute Gasteiger partial charge is 0.238 e. The highest BCUT2D eigenvalue weighted by atomic mass is 32.2. The summed E-state index contributed by atoms with van der Waals surface area (Å²) in [6.07, 6.45) is 13.6. The van der Waals surface area contributed by atoms with Crippen LogP contribution in [0, 0.1) is 6.92 Å². The van der Waals surface area contributed by atoms with Gasteiger partial charge in [0, 0.05) is 0 Å². The quantitative estimate of drug-likeness (QED) is 0.538. The van der Waals surface area contributed by atoms with Crippen LogP contribution in [0.15, 0.2) is 23.1 Å². The zero-order valence-corrected chi connectivity index (χ0v) is 15.6. The van der Waals surface area contributed by atoms with Gasteiger partial charge in [0.15, 0.2) is 0 Å². The van der Waals surface area contributed by atoms with Crippen molar-refractivity contribution in [3.05, 3.63) is 29.3 Å².